The molecule has 4 heteroatoms. The van der Waals surface area contributed by atoms with Crippen LogP contribution in [0.4, 0.5) is 0 Å². The fourth-order valence-corrected chi connectivity index (χ4v) is 1.15. The molecule has 0 atom stereocenters. The molecule has 4 nitrogen and oxygen atoms in total. The molecule has 0 fully saturated rings. The first-order chi connectivity index (χ1) is 7.19. The summed E-state index contributed by atoms with van der Waals surface area (Å²) in [5.41, 5.74) is 1.47. The summed E-state index contributed by atoms with van der Waals surface area (Å²) in [6.07, 6.45) is 5.70. The van der Waals surface area contributed by atoms with Crippen molar-refractivity contribution in [1.82, 2.24) is 10.0 Å². The van der Waals surface area contributed by atoms with Crippen LogP contribution in [-0.4, -0.2) is 30.1 Å². The van der Waals surface area contributed by atoms with Gasteiger partial charge in [-0.25, -0.2) is 5.06 Å². The third kappa shape index (κ3) is 2.89. The van der Waals surface area contributed by atoms with Crippen molar-refractivity contribution < 1.29 is 9.63 Å². The first-order valence-corrected chi connectivity index (χ1v) is 4.56. The van der Waals surface area contributed by atoms with Crippen LogP contribution in [0.25, 0.3) is 0 Å². The molecule has 0 unspecified atom stereocenters. The second-order valence-corrected chi connectivity index (χ2v) is 3.06. The van der Waals surface area contributed by atoms with Crippen molar-refractivity contribution in [3.63, 3.8) is 0 Å². The number of aromatic nitrogens is 1. The molecule has 0 aliphatic rings. The summed E-state index contributed by atoms with van der Waals surface area (Å²) in [4.78, 5) is 20.5. The summed E-state index contributed by atoms with van der Waals surface area (Å²) in [6.45, 7) is 3.63. The van der Waals surface area contributed by atoms with Crippen molar-refractivity contribution in [3.8, 4) is 0 Å². The van der Waals surface area contributed by atoms with Gasteiger partial charge in [-0.15, -0.1) is 6.58 Å². The lowest BCUT2D eigenvalue weighted by molar-refractivity contribution is -0.0757. The van der Waals surface area contributed by atoms with Gasteiger partial charge in [0.2, 0.25) is 0 Å². The van der Waals surface area contributed by atoms with Gasteiger partial charge in [0.25, 0.3) is 5.91 Å². The van der Waals surface area contributed by atoms with E-state index in [0.29, 0.717) is 12.0 Å². The van der Waals surface area contributed by atoms with Crippen molar-refractivity contribution in [2.75, 3.05) is 14.2 Å². The summed E-state index contributed by atoms with van der Waals surface area (Å²) >= 11 is 0. The van der Waals surface area contributed by atoms with Crippen molar-refractivity contribution >= 4 is 5.91 Å². The Morgan fingerprint density at radius 1 is 1.67 bits per heavy atom. The Morgan fingerprint density at radius 2 is 2.40 bits per heavy atom. The fraction of sp³-hybridized carbons (Fsp3) is 0.273. The number of carbonyl (C=O) groups is 1. The van der Waals surface area contributed by atoms with Gasteiger partial charge in [-0.05, 0) is 18.1 Å². The maximum absolute atomic E-state index is 11.7. The molecule has 15 heavy (non-hydrogen) atoms. The quantitative estimate of drug-likeness (QED) is 0.553. The van der Waals surface area contributed by atoms with Crippen LogP contribution in [0.5, 0.6) is 0 Å². The number of carbonyl (C=O) groups excluding carboxylic acids is 1. The monoisotopic (exact) mass is 206 g/mol. The normalized spacial score (nSPS) is 9.73. The fourth-order valence-electron chi connectivity index (χ4n) is 1.15. The van der Waals surface area contributed by atoms with Crippen LogP contribution < -0.4 is 0 Å². The van der Waals surface area contributed by atoms with Crippen LogP contribution in [-0.2, 0) is 11.3 Å². The van der Waals surface area contributed by atoms with E-state index in [1.807, 2.05) is 0 Å². The molecule has 1 rings (SSSR count). The van der Waals surface area contributed by atoms with Crippen LogP contribution >= 0.6 is 0 Å². The first-order valence-electron chi connectivity index (χ1n) is 4.56. The Bertz CT molecular complexity index is 363. The predicted molar refractivity (Wildman–Crippen MR) is 57.2 cm³/mol. The molecule has 0 aliphatic heterocycles. The number of pyridine rings is 1. The van der Waals surface area contributed by atoms with Gasteiger partial charge in [0.05, 0.1) is 12.7 Å². The minimum absolute atomic E-state index is 0.212. The second-order valence-electron chi connectivity index (χ2n) is 3.06. The van der Waals surface area contributed by atoms with Crippen LogP contribution in [0.15, 0.2) is 31.1 Å². The molecule has 1 amide bonds. The van der Waals surface area contributed by atoms with E-state index >= 15 is 0 Å². The van der Waals surface area contributed by atoms with Gasteiger partial charge >= 0.3 is 0 Å². The maximum atomic E-state index is 11.7. The van der Waals surface area contributed by atoms with Gasteiger partial charge < -0.3 is 0 Å². The zero-order valence-corrected chi connectivity index (χ0v) is 8.93. The topological polar surface area (TPSA) is 42.4 Å². The summed E-state index contributed by atoms with van der Waals surface area (Å²) < 4.78 is 0. The number of allylic oxidation sites excluding steroid dienone is 1. The molecule has 0 spiro atoms. The highest BCUT2D eigenvalue weighted by molar-refractivity contribution is 5.93. The Kier molecular flexibility index (Phi) is 4.00. The molecule has 0 radical (unpaired) electrons. The molecule has 0 bridgehead atoms. The molecule has 0 aliphatic carbocycles. The van der Waals surface area contributed by atoms with Crippen molar-refractivity contribution in [2.45, 2.75) is 6.42 Å². The van der Waals surface area contributed by atoms with E-state index in [9.17, 15) is 4.79 Å². The van der Waals surface area contributed by atoms with Crippen molar-refractivity contribution in [2.24, 2.45) is 0 Å². The standard InChI is InChI=1S/C11H14N2O2/c1-4-5-9-6-10(8-12-7-9)11(14)13(2)15-3/h4,6-8H,1,5H2,2-3H3. The van der Waals surface area contributed by atoms with Gasteiger partial charge in [-0.2, -0.15) is 0 Å². The Hall–Kier alpha value is -1.68. The Labute approximate surface area is 89.1 Å². The van der Waals surface area contributed by atoms with E-state index in [-0.39, 0.29) is 5.91 Å². The molecule has 1 aromatic rings. The van der Waals surface area contributed by atoms with E-state index in [2.05, 4.69) is 11.6 Å². The Morgan fingerprint density at radius 3 is 3.00 bits per heavy atom. The van der Waals surface area contributed by atoms with Gasteiger partial charge in [-0.1, -0.05) is 6.08 Å². The molecule has 0 aromatic carbocycles. The average molecular weight is 206 g/mol. The zero-order chi connectivity index (χ0) is 11.3. The molecule has 1 aromatic heterocycles. The van der Waals surface area contributed by atoms with E-state index in [0.717, 1.165) is 10.6 Å². The number of amides is 1. The molecule has 0 saturated carbocycles. The van der Waals surface area contributed by atoms with E-state index in [4.69, 9.17) is 4.84 Å². The van der Waals surface area contributed by atoms with Gasteiger partial charge in [-0.3, -0.25) is 14.6 Å². The van der Waals surface area contributed by atoms with Crippen molar-refractivity contribution in [3.05, 3.63) is 42.2 Å². The first kappa shape index (κ1) is 11.4. The smallest absolute Gasteiger partial charge is 0.274 e. The minimum atomic E-state index is -0.212. The number of hydroxylamine groups is 2. The maximum Gasteiger partial charge on any atom is 0.278 e. The highest BCUT2D eigenvalue weighted by atomic mass is 16.7. The summed E-state index contributed by atoms with van der Waals surface area (Å²) in [5.74, 6) is -0.212. The van der Waals surface area contributed by atoms with Gasteiger partial charge in [0.15, 0.2) is 0 Å². The predicted octanol–water partition coefficient (Wildman–Crippen LogP) is 1.44. The van der Waals surface area contributed by atoms with Crippen LogP contribution in [0.1, 0.15) is 15.9 Å². The third-order valence-electron chi connectivity index (χ3n) is 1.98. The molecular formula is C11H14N2O2. The molecular weight excluding hydrogens is 192 g/mol. The molecule has 80 valence electrons. The summed E-state index contributed by atoms with van der Waals surface area (Å²) in [5, 5.41) is 1.16. The van der Waals surface area contributed by atoms with E-state index in [1.165, 1.54) is 13.3 Å². The Balaban J connectivity index is 2.89. The average Bonchev–Trinajstić information content (AvgIpc) is 2.28. The van der Waals surface area contributed by atoms with Crippen molar-refractivity contribution in [1.29, 1.82) is 0 Å². The SMILES string of the molecule is C=CCc1cncc(C(=O)N(C)OC)c1. The number of rotatable bonds is 4. The van der Waals surface area contributed by atoms with Gasteiger partial charge in [0.1, 0.15) is 0 Å². The highest BCUT2D eigenvalue weighted by Crippen LogP contribution is 2.06. The lowest BCUT2D eigenvalue weighted by atomic mass is 10.1. The second kappa shape index (κ2) is 5.26. The van der Waals surface area contributed by atoms with Crippen LogP contribution in [0.3, 0.4) is 0 Å². The van der Waals surface area contributed by atoms with Gasteiger partial charge in [0, 0.05) is 19.4 Å². The number of hydrogen-bond donors (Lipinski definition) is 0. The highest BCUT2D eigenvalue weighted by Gasteiger charge is 2.11. The molecule has 0 saturated heterocycles. The minimum Gasteiger partial charge on any atom is -0.274 e. The number of hydrogen-bond acceptors (Lipinski definition) is 3. The van der Waals surface area contributed by atoms with E-state index < -0.39 is 0 Å². The third-order valence-corrected chi connectivity index (χ3v) is 1.98. The van der Waals surface area contributed by atoms with E-state index in [1.54, 1.807) is 25.4 Å². The lowest BCUT2D eigenvalue weighted by Crippen LogP contribution is -2.25. The summed E-state index contributed by atoms with van der Waals surface area (Å²) in [6, 6.07) is 1.78. The summed E-state index contributed by atoms with van der Waals surface area (Å²) in [7, 11) is 3.00. The molecule has 1 heterocycles. The zero-order valence-electron chi connectivity index (χ0n) is 8.93. The van der Waals surface area contributed by atoms with Crippen LogP contribution in [0.2, 0.25) is 0 Å². The lowest BCUT2D eigenvalue weighted by Gasteiger charge is -2.13. The largest absolute Gasteiger partial charge is 0.278 e. The van der Waals surface area contributed by atoms with Crippen LogP contribution in [0, 0.1) is 0 Å². The molecule has 0 N–H and O–H groups in total. The number of nitrogens with zero attached hydrogens (tertiary/aromatic N) is 2.